The number of rotatable bonds is 7. The van der Waals surface area contributed by atoms with Crippen molar-refractivity contribution in [3.8, 4) is 12.3 Å². The van der Waals surface area contributed by atoms with Crippen molar-refractivity contribution in [3.63, 3.8) is 0 Å². The van der Waals surface area contributed by atoms with Crippen molar-refractivity contribution >= 4 is 5.91 Å². The lowest BCUT2D eigenvalue weighted by Crippen LogP contribution is -2.45. The van der Waals surface area contributed by atoms with Crippen LogP contribution in [0, 0.1) is 12.3 Å². The van der Waals surface area contributed by atoms with E-state index in [-0.39, 0.29) is 18.0 Å². The minimum absolute atomic E-state index is 0.0602. The second kappa shape index (κ2) is 8.31. The van der Waals surface area contributed by atoms with E-state index in [0.717, 1.165) is 25.8 Å². The Kier molecular flexibility index (Phi) is 7.75. The van der Waals surface area contributed by atoms with Gasteiger partial charge in [-0.3, -0.25) is 4.79 Å². The molecule has 3 nitrogen and oxygen atoms in total. The Morgan fingerprint density at radius 2 is 2.13 bits per heavy atom. The lowest BCUT2D eigenvalue weighted by Gasteiger charge is -2.17. The molecule has 0 aliphatic rings. The zero-order chi connectivity index (χ0) is 11.7. The van der Waals surface area contributed by atoms with Crippen LogP contribution >= 0.6 is 0 Å². The van der Waals surface area contributed by atoms with Crippen LogP contribution < -0.4 is 10.6 Å². The molecule has 2 atom stereocenters. The molecule has 86 valence electrons. The zero-order valence-corrected chi connectivity index (χ0v) is 9.97. The molecule has 15 heavy (non-hydrogen) atoms. The molecular formula is C12H22N2O. The number of terminal acetylenes is 1. The van der Waals surface area contributed by atoms with Crippen molar-refractivity contribution in [3.05, 3.63) is 0 Å². The van der Waals surface area contributed by atoms with Crippen LogP contribution in [0.4, 0.5) is 0 Å². The Morgan fingerprint density at radius 1 is 1.47 bits per heavy atom. The van der Waals surface area contributed by atoms with Gasteiger partial charge < -0.3 is 10.6 Å². The van der Waals surface area contributed by atoms with Gasteiger partial charge >= 0.3 is 0 Å². The third kappa shape index (κ3) is 6.98. The van der Waals surface area contributed by atoms with Gasteiger partial charge in [-0.2, -0.15) is 0 Å². The summed E-state index contributed by atoms with van der Waals surface area (Å²) in [6, 6.07) is 0.101. The first kappa shape index (κ1) is 14.0. The predicted octanol–water partition coefficient (Wildman–Crippen LogP) is 1.29. The molecule has 0 heterocycles. The average Bonchev–Trinajstić information content (AvgIpc) is 2.23. The van der Waals surface area contributed by atoms with E-state index in [2.05, 4.69) is 23.5 Å². The van der Waals surface area contributed by atoms with Gasteiger partial charge in [0.1, 0.15) is 0 Å². The van der Waals surface area contributed by atoms with Crippen LogP contribution in [0.5, 0.6) is 0 Å². The van der Waals surface area contributed by atoms with Gasteiger partial charge in [-0.15, -0.1) is 12.3 Å². The fourth-order valence-corrected chi connectivity index (χ4v) is 1.07. The Morgan fingerprint density at radius 3 is 2.67 bits per heavy atom. The second-order valence-corrected chi connectivity index (χ2v) is 3.80. The maximum atomic E-state index is 11.6. The highest BCUT2D eigenvalue weighted by Crippen LogP contribution is 1.91. The molecule has 2 unspecified atom stereocenters. The van der Waals surface area contributed by atoms with E-state index in [4.69, 9.17) is 6.42 Å². The average molecular weight is 210 g/mol. The van der Waals surface area contributed by atoms with Crippen molar-refractivity contribution in [2.45, 2.75) is 52.1 Å². The Hall–Kier alpha value is -1.01. The molecule has 0 fully saturated rings. The zero-order valence-electron chi connectivity index (χ0n) is 9.97. The van der Waals surface area contributed by atoms with Crippen molar-refractivity contribution in [1.29, 1.82) is 0 Å². The fraction of sp³-hybridized carbons (Fsp3) is 0.750. The number of unbranched alkanes of at least 4 members (excludes halogenated alkanes) is 1. The maximum absolute atomic E-state index is 11.6. The van der Waals surface area contributed by atoms with Crippen LogP contribution in [-0.4, -0.2) is 24.5 Å². The van der Waals surface area contributed by atoms with Gasteiger partial charge in [0.15, 0.2) is 0 Å². The first-order valence-corrected chi connectivity index (χ1v) is 5.59. The molecule has 1 amide bonds. The second-order valence-electron chi connectivity index (χ2n) is 3.80. The molecule has 0 rings (SSSR count). The van der Waals surface area contributed by atoms with Gasteiger partial charge in [-0.1, -0.05) is 6.92 Å². The smallest absolute Gasteiger partial charge is 0.237 e. The third-order valence-electron chi connectivity index (χ3n) is 2.34. The highest BCUT2D eigenvalue weighted by atomic mass is 16.2. The highest BCUT2D eigenvalue weighted by Gasteiger charge is 2.12. The van der Waals surface area contributed by atoms with Gasteiger partial charge in [-0.25, -0.2) is 0 Å². The molecule has 0 aromatic rings. The molecule has 0 aromatic heterocycles. The monoisotopic (exact) mass is 210 g/mol. The number of carbonyl (C=O) groups is 1. The van der Waals surface area contributed by atoms with Gasteiger partial charge in [-0.05, 0) is 33.2 Å². The first-order valence-electron chi connectivity index (χ1n) is 5.59. The molecule has 0 aromatic carbocycles. The summed E-state index contributed by atoms with van der Waals surface area (Å²) < 4.78 is 0. The lowest BCUT2D eigenvalue weighted by molar-refractivity contribution is -0.123. The molecule has 0 spiro atoms. The van der Waals surface area contributed by atoms with E-state index >= 15 is 0 Å². The molecule has 0 aliphatic carbocycles. The van der Waals surface area contributed by atoms with Crippen molar-refractivity contribution in [1.82, 2.24) is 10.6 Å². The van der Waals surface area contributed by atoms with Crippen molar-refractivity contribution in [2.75, 3.05) is 6.54 Å². The minimum atomic E-state index is -0.142. The van der Waals surface area contributed by atoms with Crippen LogP contribution in [-0.2, 0) is 4.79 Å². The lowest BCUT2D eigenvalue weighted by atomic mass is 10.2. The van der Waals surface area contributed by atoms with E-state index in [1.54, 1.807) is 0 Å². The largest absolute Gasteiger partial charge is 0.352 e. The summed E-state index contributed by atoms with van der Waals surface area (Å²) >= 11 is 0. The van der Waals surface area contributed by atoms with Gasteiger partial charge in [0.25, 0.3) is 0 Å². The Bertz CT molecular complexity index is 220. The summed E-state index contributed by atoms with van der Waals surface area (Å²) in [4.78, 5) is 11.6. The summed E-state index contributed by atoms with van der Waals surface area (Å²) in [6.45, 7) is 6.71. The molecule has 0 radical (unpaired) electrons. The van der Waals surface area contributed by atoms with Crippen LogP contribution in [0.1, 0.15) is 40.0 Å². The van der Waals surface area contributed by atoms with Crippen molar-refractivity contribution < 1.29 is 4.79 Å². The summed E-state index contributed by atoms with van der Waals surface area (Å²) in [5.41, 5.74) is 0. The number of carbonyl (C=O) groups excluding carboxylic acids is 1. The van der Waals surface area contributed by atoms with E-state index < -0.39 is 0 Å². The summed E-state index contributed by atoms with van der Waals surface area (Å²) in [7, 11) is 0. The minimum Gasteiger partial charge on any atom is -0.352 e. The maximum Gasteiger partial charge on any atom is 0.237 e. The van der Waals surface area contributed by atoms with Crippen LogP contribution in [0.2, 0.25) is 0 Å². The first-order chi connectivity index (χ1) is 7.11. The van der Waals surface area contributed by atoms with Gasteiger partial charge in [0, 0.05) is 12.5 Å². The van der Waals surface area contributed by atoms with Crippen LogP contribution in [0.3, 0.4) is 0 Å². The number of hydrogen-bond donors (Lipinski definition) is 2. The summed E-state index contributed by atoms with van der Waals surface area (Å²) in [5, 5.41) is 6.07. The normalized spacial score (nSPS) is 14.0. The topological polar surface area (TPSA) is 41.1 Å². The number of amides is 1. The fourth-order valence-electron chi connectivity index (χ4n) is 1.07. The molecule has 0 bridgehead atoms. The van der Waals surface area contributed by atoms with Gasteiger partial charge in [0.05, 0.1) is 6.04 Å². The molecule has 0 aliphatic heterocycles. The van der Waals surface area contributed by atoms with Crippen molar-refractivity contribution in [2.24, 2.45) is 0 Å². The predicted molar refractivity (Wildman–Crippen MR) is 63.4 cm³/mol. The van der Waals surface area contributed by atoms with Crippen LogP contribution in [0.25, 0.3) is 0 Å². The SMILES string of the molecule is C#CCCCNC(C)C(=O)NC(C)CC. The quantitative estimate of drug-likeness (QED) is 0.491. The van der Waals surface area contributed by atoms with E-state index in [0.29, 0.717) is 0 Å². The Labute approximate surface area is 93.0 Å². The van der Waals surface area contributed by atoms with E-state index in [1.807, 2.05) is 13.8 Å². The molecular weight excluding hydrogens is 188 g/mol. The highest BCUT2D eigenvalue weighted by molar-refractivity contribution is 5.81. The molecule has 0 saturated carbocycles. The molecule has 0 saturated heterocycles. The Balaban J connectivity index is 3.65. The standard InChI is InChI=1S/C12H22N2O/c1-5-7-8-9-13-11(4)12(15)14-10(3)6-2/h1,10-11,13H,6-9H2,2-4H3,(H,14,15). The number of hydrogen-bond acceptors (Lipinski definition) is 2. The molecule has 3 heteroatoms. The molecule has 2 N–H and O–H groups in total. The van der Waals surface area contributed by atoms with Crippen LogP contribution in [0.15, 0.2) is 0 Å². The van der Waals surface area contributed by atoms with E-state index in [9.17, 15) is 4.79 Å². The number of nitrogens with one attached hydrogen (secondary N) is 2. The third-order valence-corrected chi connectivity index (χ3v) is 2.34. The van der Waals surface area contributed by atoms with E-state index in [1.165, 1.54) is 0 Å². The summed E-state index contributed by atoms with van der Waals surface area (Å²) in [6.07, 6.45) is 7.76. The van der Waals surface area contributed by atoms with Gasteiger partial charge in [0.2, 0.25) is 5.91 Å². The summed E-state index contributed by atoms with van der Waals surface area (Å²) in [5.74, 6) is 2.63.